The summed E-state index contributed by atoms with van der Waals surface area (Å²) >= 11 is 1.60. The SMILES string of the molecule is CCN1CCN(c2ncc(C(C)O)s2)CC1C. The molecule has 1 aromatic heterocycles. The van der Waals surface area contributed by atoms with Crippen LogP contribution in [0.3, 0.4) is 0 Å². The molecule has 0 spiro atoms. The number of aliphatic hydroxyl groups excluding tert-OH is 1. The minimum Gasteiger partial charge on any atom is -0.388 e. The topological polar surface area (TPSA) is 39.6 Å². The molecule has 1 saturated heterocycles. The van der Waals surface area contributed by atoms with Gasteiger partial charge in [-0.1, -0.05) is 18.3 Å². The molecular weight excluding hydrogens is 234 g/mol. The summed E-state index contributed by atoms with van der Waals surface area (Å²) < 4.78 is 0. The molecule has 96 valence electrons. The number of hydrogen-bond donors (Lipinski definition) is 1. The standard InChI is InChI=1S/C12H21N3OS/c1-4-14-5-6-15(8-9(14)2)12-13-7-11(17-12)10(3)16/h7,9-10,16H,4-6,8H2,1-3H3. The van der Waals surface area contributed by atoms with Crippen LogP contribution >= 0.6 is 11.3 Å². The van der Waals surface area contributed by atoms with E-state index >= 15 is 0 Å². The van der Waals surface area contributed by atoms with E-state index in [1.54, 1.807) is 24.5 Å². The average Bonchev–Trinajstić information content (AvgIpc) is 2.78. The normalized spacial score (nSPS) is 24.0. The van der Waals surface area contributed by atoms with Crippen molar-refractivity contribution in [1.82, 2.24) is 9.88 Å². The van der Waals surface area contributed by atoms with E-state index in [1.165, 1.54) is 0 Å². The number of nitrogens with zero attached hydrogens (tertiary/aromatic N) is 3. The van der Waals surface area contributed by atoms with Crippen molar-refractivity contribution in [2.75, 3.05) is 31.1 Å². The van der Waals surface area contributed by atoms with Crippen molar-refractivity contribution < 1.29 is 5.11 Å². The van der Waals surface area contributed by atoms with Crippen LogP contribution in [0.1, 0.15) is 31.8 Å². The molecule has 2 rings (SSSR count). The van der Waals surface area contributed by atoms with E-state index in [2.05, 4.69) is 28.6 Å². The molecule has 0 saturated carbocycles. The van der Waals surface area contributed by atoms with Gasteiger partial charge in [0, 0.05) is 31.9 Å². The maximum atomic E-state index is 9.51. The van der Waals surface area contributed by atoms with E-state index in [-0.39, 0.29) is 0 Å². The third-order valence-electron chi connectivity index (χ3n) is 3.36. The summed E-state index contributed by atoms with van der Waals surface area (Å²) in [5.74, 6) is 0. The average molecular weight is 255 g/mol. The van der Waals surface area contributed by atoms with E-state index in [9.17, 15) is 5.11 Å². The molecule has 5 heteroatoms. The zero-order valence-electron chi connectivity index (χ0n) is 10.8. The summed E-state index contributed by atoms with van der Waals surface area (Å²) in [6.07, 6.45) is 1.39. The maximum Gasteiger partial charge on any atom is 0.185 e. The lowest BCUT2D eigenvalue weighted by molar-refractivity contribution is 0.199. The highest BCUT2D eigenvalue weighted by molar-refractivity contribution is 7.15. The summed E-state index contributed by atoms with van der Waals surface area (Å²) in [5, 5.41) is 10.6. The van der Waals surface area contributed by atoms with Crippen LogP contribution in [0.25, 0.3) is 0 Å². The lowest BCUT2D eigenvalue weighted by Gasteiger charge is -2.39. The van der Waals surface area contributed by atoms with Gasteiger partial charge in [0.15, 0.2) is 5.13 Å². The van der Waals surface area contributed by atoms with Crippen LogP contribution in [0, 0.1) is 0 Å². The van der Waals surface area contributed by atoms with Crippen LogP contribution in [0.15, 0.2) is 6.20 Å². The van der Waals surface area contributed by atoms with Gasteiger partial charge >= 0.3 is 0 Å². The van der Waals surface area contributed by atoms with Crippen molar-refractivity contribution >= 4 is 16.5 Å². The predicted octanol–water partition coefficient (Wildman–Crippen LogP) is 1.73. The number of aromatic nitrogens is 1. The van der Waals surface area contributed by atoms with Gasteiger partial charge in [0.05, 0.1) is 11.0 Å². The lowest BCUT2D eigenvalue weighted by atomic mass is 10.2. The fourth-order valence-electron chi connectivity index (χ4n) is 2.26. The molecule has 0 amide bonds. The van der Waals surface area contributed by atoms with Crippen LogP contribution in [0.5, 0.6) is 0 Å². The van der Waals surface area contributed by atoms with Gasteiger partial charge in [0.2, 0.25) is 0 Å². The van der Waals surface area contributed by atoms with Crippen molar-refractivity contribution in [3.05, 3.63) is 11.1 Å². The Morgan fingerprint density at radius 1 is 1.59 bits per heavy atom. The fourth-order valence-corrected chi connectivity index (χ4v) is 3.14. The molecule has 17 heavy (non-hydrogen) atoms. The Kier molecular flexibility index (Phi) is 4.01. The van der Waals surface area contributed by atoms with Gasteiger partial charge in [0.1, 0.15) is 0 Å². The highest BCUT2D eigenvalue weighted by Crippen LogP contribution is 2.28. The molecule has 1 aromatic rings. The van der Waals surface area contributed by atoms with Gasteiger partial charge in [-0.15, -0.1) is 0 Å². The number of piperazine rings is 1. The molecule has 2 atom stereocenters. The molecule has 2 unspecified atom stereocenters. The van der Waals surface area contributed by atoms with Gasteiger partial charge in [0.25, 0.3) is 0 Å². The highest BCUT2D eigenvalue weighted by Gasteiger charge is 2.24. The second-order valence-electron chi connectivity index (χ2n) is 4.64. The molecule has 2 heterocycles. The van der Waals surface area contributed by atoms with Crippen LogP contribution < -0.4 is 4.90 Å². The molecule has 0 radical (unpaired) electrons. The molecule has 1 N–H and O–H groups in total. The van der Waals surface area contributed by atoms with Crippen LogP contribution in [-0.2, 0) is 0 Å². The number of anilines is 1. The van der Waals surface area contributed by atoms with Crippen LogP contribution in [0.2, 0.25) is 0 Å². The first-order valence-corrected chi connectivity index (χ1v) is 7.06. The van der Waals surface area contributed by atoms with Gasteiger partial charge < -0.3 is 10.0 Å². The third kappa shape index (κ3) is 2.78. The van der Waals surface area contributed by atoms with Gasteiger partial charge in [-0.3, -0.25) is 4.90 Å². The molecule has 1 fully saturated rings. The minimum absolute atomic E-state index is 0.407. The van der Waals surface area contributed by atoms with Gasteiger partial charge in [-0.2, -0.15) is 0 Å². The highest BCUT2D eigenvalue weighted by atomic mass is 32.1. The Bertz CT molecular complexity index is 366. The lowest BCUT2D eigenvalue weighted by Crippen LogP contribution is -2.51. The smallest absolute Gasteiger partial charge is 0.185 e. The largest absolute Gasteiger partial charge is 0.388 e. The zero-order chi connectivity index (χ0) is 12.4. The Balaban J connectivity index is 2.03. The first-order valence-electron chi connectivity index (χ1n) is 6.24. The summed E-state index contributed by atoms with van der Waals surface area (Å²) in [6.45, 7) is 10.5. The monoisotopic (exact) mass is 255 g/mol. The van der Waals surface area contributed by atoms with E-state index in [0.29, 0.717) is 6.04 Å². The van der Waals surface area contributed by atoms with Crippen molar-refractivity contribution in [3.63, 3.8) is 0 Å². The van der Waals surface area contributed by atoms with Crippen molar-refractivity contribution in [3.8, 4) is 0 Å². The van der Waals surface area contributed by atoms with E-state index in [1.807, 2.05) is 0 Å². The minimum atomic E-state index is -0.407. The van der Waals surface area contributed by atoms with Crippen molar-refractivity contribution in [2.45, 2.75) is 32.9 Å². The summed E-state index contributed by atoms with van der Waals surface area (Å²) in [7, 11) is 0. The molecule has 0 bridgehead atoms. The van der Waals surface area contributed by atoms with E-state index in [0.717, 1.165) is 36.2 Å². The van der Waals surface area contributed by atoms with Crippen molar-refractivity contribution in [1.29, 1.82) is 0 Å². The quantitative estimate of drug-likeness (QED) is 0.893. The first kappa shape index (κ1) is 12.8. The Morgan fingerprint density at radius 2 is 2.35 bits per heavy atom. The Labute approximate surface area is 107 Å². The molecule has 0 aromatic carbocycles. The number of rotatable bonds is 3. The third-order valence-corrected chi connectivity index (χ3v) is 4.59. The number of thiazole rings is 1. The van der Waals surface area contributed by atoms with E-state index in [4.69, 9.17) is 0 Å². The van der Waals surface area contributed by atoms with Crippen LogP contribution in [0.4, 0.5) is 5.13 Å². The molecule has 1 aliphatic rings. The summed E-state index contributed by atoms with van der Waals surface area (Å²) in [6, 6.07) is 0.577. The second kappa shape index (κ2) is 5.33. The zero-order valence-corrected chi connectivity index (χ0v) is 11.6. The first-order chi connectivity index (χ1) is 8.11. The fraction of sp³-hybridized carbons (Fsp3) is 0.750. The Hall–Kier alpha value is -0.650. The van der Waals surface area contributed by atoms with Gasteiger partial charge in [-0.05, 0) is 20.4 Å². The predicted molar refractivity (Wildman–Crippen MR) is 71.7 cm³/mol. The molecular formula is C12H21N3OS. The Morgan fingerprint density at radius 3 is 2.88 bits per heavy atom. The van der Waals surface area contributed by atoms with Gasteiger partial charge in [-0.25, -0.2) is 4.98 Å². The van der Waals surface area contributed by atoms with Crippen molar-refractivity contribution in [2.24, 2.45) is 0 Å². The molecule has 4 nitrogen and oxygen atoms in total. The number of likely N-dealkylation sites (N-methyl/N-ethyl adjacent to an activating group) is 1. The maximum absolute atomic E-state index is 9.51. The van der Waals surface area contributed by atoms with Crippen LogP contribution in [-0.4, -0.2) is 47.2 Å². The summed E-state index contributed by atoms with van der Waals surface area (Å²) in [4.78, 5) is 10.2. The number of aliphatic hydroxyl groups is 1. The van der Waals surface area contributed by atoms with E-state index < -0.39 is 6.10 Å². The number of hydrogen-bond acceptors (Lipinski definition) is 5. The second-order valence-corrected chi connectivity index (χ2v) is 5.69. The summed E-state index contributed by atoms with van der Waals surface area (Å²) in [5.41, 5.74) is 0. The molecule has 1 aliphatic heterocycles. The molecule has 0 aliphatic carbocycles.